The van der Waals surface area contributed by atoms with Crippen LogP contribution in [0.1, 0.15) is 30.9 Å². The zero-order valence-corrected chi connectivity index (χ0v) is 12.6. The lowest BCUT2D eigenvalue weighted by atomic mass is 9.97. The maximum Gasteiger partial charge on any atom is 0.150 e. The molecule has 1 aromatic carbocycles. The van der Waals surface area contributed by atoms with Crippen LogP contribution in [0.3, 0.4) is 0 Å². The predicted molar refractivity (Wildman–Crippen MR) is 78.8 cm³/mol. The Morgan fingerprint density at radius 3 is 2.75 bits per heavy atom. The molecule has 110 valence electrons. The Bertz CT molecular complexity index is 596. The summed E-state index contributed by atoms with van der Waals surface area (Å²) in [5.41, 5.74) is 2.22. The van der Waals surface area contributed by atoms with Crippen LogP contribution in [0.2, 0.25) is 0 Å². The van der Waals surface area contributed by atoms with Crippen LogP contribution in [-0.4, -0.2) is 32.1 Å². The molecule has 20 heavy (non-hydrogen) atoms. The summed E-state index contributed by atoms with van der Waals surface area (Å²) in [6.45, 7) is 3.89. The smallest absolute Gasteiger partial charge is 0.150 e. The van der Waals surface area contributed by atoms with Gasteiger partial charge in [-0.1, -0.05) is 12.1 Å². The van der Waals surface area contributed by atoms with Gasteiger partial charge in [-0.25, -0.2) is 8.42 Å². The predicted octanol–water partition coefficient (Wildman–Crippen LogP) is 1.68. The maximum atomic E-state index is 11.6. The second-order valence-corrected chi connectivity index (χ2v) is 8.33. The van der Waals surface area contributed by atoms with Gasteiger partial charge in [0.1, 0.15) is 11.4 Å². The number of rotatable bonds is 2. The molecule has 0 aromatic heterocycles. The molecular weight excluding hydrogens is 274 g/mol. The number of hydrogen-bond donors (Lipinski definition) is 1. The minimum absolute atomic E-state index is 0.236. The topological polar surface area (TPSA) is 55.4 Å². The monoisotopic (exact) mass is 295 g/mol. The van der Waals surface area contributed by atoms with E-state index in [1.807, 2.05) is 19.1 Å². The van der Waals surface area contributed by atoms with E-state index in [0.29, 0.717) is 12.8 Å². The molecule has 2 heterocycles. The Morgan fingerprint density at radius 1 is 1.25 bits per heavy atom. The van der Waals surface area contributed by atoms with Crippen molar-refractivity contribution in [1.29, 1.82) is 0 Å². The quantitative estimate of drug-likeness (QED) is 0.902. The fraction of sp³-hybridized carbons (Fsp3) is 0.600. The van der Waals surface area contributed by atoms with Crippen molar-refractivity contribution in [3.8, 4) is 5.75 Å². The second-order valence-electron chi connectivity index (χ2n) is 6.02. The molecule has 2 aliphatic heterocycles. The zero-order valence-electron chi connectivity index (χ0n) is 11.8. The molecule has 0 atom stereocenters. The van der Waals surface area contributed by atoms with Gasteiger partial charge in [-0.3, -0.25) is 0 Å². The van der Waals surface area contributed by atoms with Crippen molar-refractivity contribution in [3.63, 3.8) is 0 Å². The van der Waals surface area contributed by atoms with Gasteiger partial charge in [0, 0.05) is 19.4 Å². The van der Waals surface area contributed by atoms with Crippen LogP contribution in [0.15, 0.2) is 18.2 Å². The van der Waals surface area contributed by atoms with Gasteiger partial charge in [0.2, 0.25) is 0 Å². The van der Waals surface area contributed by atoms with E-state index in [1.54, 1.807) is 0 Å². The van der Waals surface area contributed by atoms with E-state index in [9.17, 15) is 8.42 Å². The first-order chi connectivity index (χ1) is 9.48. The number of hydrogen-bond acceptors (Lipinski definition) is 4. The zero-order chi connectivity index (χ0) is 14.2. The van der Waals surface area contributed by atoms with Crippen molar-refractivity contribution in [2.24, 2.45) is 0 Å². The number of benzene rings is 1. The highest BCUT2D eigenvalue weighted by Gasteiger charge is 2.35. The molecule has 0 spiro atoms. The molecule has 1 fully saturated rings. The van der Waals surface area contributed by atoms with E-state index in [4.69, 9.17) is 4.74 Å². The molecule has 0 unspecified atom stereocenters. The summed E-state index contributed by atoms with van der Waals surface area (Å²) in [5, 5.41) is 3.36. The average Bonchev–Trinajstić information content (AvgIpc) is 2.43. The Balaban J connectivity index is 1.81. The van der Waals surface area contributed by atoms with Gasteiger partial charge >= 0.3 is 0 Å². The van der Waals surface area contributed by atoms with Gasteiger partial charge < -0.3 is 10.1 Å². The van der Waals surface area contributed by atoms with Gasteiger partial charge in [-0.15, -0.1) is 0 Å². The van der Waals surface area contributed by atoms with Crippen molar-refractivity contribution in [3.05, 3.63) is 29.3 Å². The standard InChI is InChI=1S/C15H21NO3S/c1-15(6-9-20(17,18)10-7-15)19-14-4-2-3-12-11-16-8-5-13(12)14/h2-4,16H,5-11H2,1H3. The lowest BCUT2D eigenvalue weighted by Gasteiger charge is -2.35. The van der Waals surface area contributed by atoms with E-state index in [2.05, 4.69) is 11.4 Å². The third-order valence-electron chi connectivity index (χ3n) is 4.34. The maximum absolute atomic E-state index is 11.6. The first kappa shape index (κ1) is 13.9. The minimum atomic E-state index is -2.85. The Hall–Kier alpha value is -1.07. The largest absolute Gasteiger partial charge is 0.487 e. The number of nitrogens with one attached hydrogen (secondary N) is 1. The minimum Gasteiger partial charge on any atom is -0.487 e. The van der Waals surface area contributed by atoms with Crippen molar-refractivity contribution >= 4 is 9.84 Å². The molecular formula is C15H21NO3S. The van der Waals surface area contributed by atoms with E-state index >= 15 is 0 Å². The van der Waals surface area contributed by atoms with Crippen LogP contribution in [0.25, 0.3) is 0 Å². The summed E-state index contributed by atoms with van der Waals surface area (Å²) in [6.07, 6.45) is 2.13. The van der Waals surface area contributed by atoms with Gasteiger partial charge in [-0.05, 0) is 37.1 Å². The first-order valence-electron chi connectivity index (χ1n) is 7.18. The summed E-state index contributed by atoms with van der Waals surface area (Å²) in [5.74, 6) is 1.41. The van der Waals surface area contributed by atoms with Gasteiger partial charge in [0.15, 0.2) is 9.84 Å². The number of fused-ring (bicyclic) bond motifs is 1. The van der Waals surface area contributed by atoms with E-state index < -0.39 is 9.84 Å². The highest BCUT2D eigenvalue weighted by molar-refractivity contribution is 7.91. The number of ether oxygens (including phenoxy) is 1. The summed E-state index contributed by atoms with van der Waals surface area (Å²) >= 11 is 0. The molecule has 0 bridgehead atoms. The fourth-order valence-electron chi connectivity index (χ4n) is 2.93. The van der Waals surface area contributed by atoms with Crippen molar-refractivity contribution in [2.75, 3.05) is 18.1 Å². The van der Waals surface area contributed by atoms with Crippen molar-refractivity contribution in [1.82, 2.24) is 5.32 Å². The Kier molecular flexibility index (Phi) is 3.50. The van der Waals surface area contributed by atoms with Crippen LogP contribution in [0, 0.1) is 0 Å². The SMILES string of the molecule is CC1(Oc2cccc3c2CCNC3)CCS(=O)(=O)CC1. The fourth-order valence-corrected chi connectivity index (χ4v) is 4.62. The molecule has 4 nitrogen and oxygen atoms in total. The molecule has 3 rings (SSSR count). The third kappa shape index (κ3) is 2.83. The summed E-state index contributed by atoms with van der Waals surface area (Å²) < 4.78 is 29.4. The molecule has 5 heteroatoms. The van der Waals surface area contributed by atoms with Crippen LogP contribution in [-0.2, 0) is 22.8 Å². The molecule has 2 aliphatic rings. The third-order valence-corrected chi connectivity index (χ3v) is 5.99. The highest BCUT2D eigenvalue weighted by Crippen LogP contribution is 2.33. The summed E-state index contributed by atoms with van der Waals surface area (Å²) in [4.78, 5) is 0. The van der Waals surface area contributed by atoms with Gasteiger partial charge in [0.25, 0.3) is 0 Å². The summed E-state index contributed by atoms with van der Waals surface area (Å²) in [7, 11) is -2.85. The van der Waals surface area contributed by atoms with E-state index in [1.165, 1.54) is 11.1 Å². The second kappa shape index (κ2) is 5.04. The first-order valence-corrected chi connectivity index (χ1v) is 9.01. The molecule has 0 amide bonds. The van der Waals surface area contributed by atoms with Crippen molar-refractivity contribution < 1.29 is 13.2 Å². The Labute approximate surface area is 120 Å². The molecule has 0 saturated carbocycles. The van der Waals surface area contributed by atoms with Gasteiger partial charge in [0.05, 0.1) is 11.5 Å². The van der Waals surface area contributed by atoms with Crippen LogP contribution >= 0.6 is 0 Å². The molecule has 0 radical (unpaired) electrons. The molecule has 1 saturated heterocycles. The van der Waals surface area contributed by atoms with E-state index in [-0.39, 0.29) is 17.1 Å². The molecule has 0 aliphatic carbocycles. The Morgan fingerprint density at radius 2 is 2.00 bits per heavy atom. The van der Waals surface area contributed by atoms with E-state index in [0.717, 1.165) is 25.3 Å². The summed E-state index contributed by atoms with van der Waals surface area (Å²) in [6, 6.07) is 6.16. The van der Waals surface area contributed by atoms with Crippen LogP contribution < -0.4 is 10.1 Å². The highest BCUT2D eigenvalue weighted by atomic mass is 32.2. The van der Waals surface area contributed by atoms with Gasteiger partial charge in [-0.2, -0.15) is 0 Å². The van der Waals surface area contributed by atoms with Crippen LogP contribution in [0.5, 0.6) is 5.75 Å². The lowest BCUT2D eigenvalue weighted by molar-refractivity contribution is 0.0765. The molecule has 1 N–H and O–H groups in total. The lowest BCUT2D eigenvalue weighted by Crippen LogP contribution is -2.41. The normalized spacial score (nSPS) is 23.9. The average molecular weight is 295 g/mol. The van der Waals surface area contributed by atoms with Crippen LogP contribution in [0.4, 0.5) is 0 Å². The molecule has 1 aromatic rings. The van der Waals surface area contributed by atoms with Crippen molar-refractivity contribution in [2.45, 2.75) is 38.3 Å². The number of sulfone groups is 1.